The van der Waals surface area contributed by atoms with Crippen LogP contribution in [0.25, 0.3) is 0 Å². The molecule has 0 spiro atoms. The Bertz CT molecular complexity index is 623. The molecule has 1 aliphatic heterocycles. The number of hydrogen-bond donors (Lipinski definition) is 2. The van der Waals surface area contributed by atoms with Crippen LogP contribution in [0.4, 0.5) is 0 Å². The Morgan fingerprint density at radius 3 is 2.59 bits per heavy atom. The first-order valence-electron chi connectivity index (χ1n) is 10.3. The van der Waals surface area contributed by atoms with Crippen LogP contribution in [-0.2, 0) is 6.42 Å². The second-order valence-corrected chi connectivity index (χ2v) is 7.97. The largest absolute Gasteiger partial charge is 0.497 e. The molecule has 8 heteroatoms. The first-order valence-corrected chi connectivity index (χ1v) is 10.6. The van der Waals surface area contributed by atoms with Gasteiger partial charge in [-0.25, -0.2) is 0 Å². The summed E-state index contributed by atoms with van der Waals surface area (Å²) < 4.78 is 5.20. The van der Waals surface area contributed by atoms with Crippen LogP contribution < -0.4 is 15.4 Å². The Morgan fingerprint density at radius 1 is 1.24 bits per heavy atom. The van der Waals surface area contributed by atoms with Crippen molar-refractivity contribution in [1.82, 2.24) is 20.4 Å². The molecule has 1 saturated heterocycles. The summed E-state index contributed by atoms with van der Waals surface area (Å²) in [5.74, 6) is 2.19. The minimum atomic E-state index is 0. The molecule has 0 aromatic heterocycles. The van der Waals surface area contributed by atoms with Gasteiger partial charge in [0, 0.05) is 57.4 Å². The van der Waals surface area contributed by atoms with Crippen molar-refractivity contribution in [3.63, 3.8) is 0 Å². The first-order chi connectivity index (χ1) is 13.5. The van der Waals surface area contributed by atoms with Gasteiger partial charge in [0.2, 0.25) is 0 Å². The quantitative estimate of drug-likeness (QED) is 0.288. The summed E-state index contributed by atoms with van der Waals surface area (Å²) in [6.07, 6.45) is 0.837. The monoisotopic (exact) mass is 537 g/mol. The lowest BCUT2D eigenvalue weighted by atomic mass is 10.1. The molecule has 2 N–H and O–H groups in total. The smallest absolute Gasteiger partial charge is 0.191 e. The molecule has 2 rings (SSSR count). The van der Waals surface area contributed by atoms with Crippen LogP contribution in [0.2, 0.25) is 5.02 Å². The Labute approximate surface area is 198 Å². The van der Waals surface area contributed by atoms with Gasteiger partial charge in [-0.1, -0.05) is 24.6 Å². The van der Waals surface area contributed by atoms with Crippen molar-refractivity contribution in [1.29, 1.82) is 0 Å². The maximum absolute atomic E-state index is 6.33. The van der Waals surface area contributed by atoms with Gasteiger partial charge in [-0.3, -0.25) is 4.99 Å². The number of piperazine rings is 1. The van der Waals surface area contributed by atoms with Crippen molar-refractivity contribution in [2.24, 2.45) is 10.9 Å². The number of methoxy groups -OCH3 is 1. The molecule has 6 nitrogen and oxygen atoms in total. The third-order valence-electron chi connectivity index (χ3n) is 5.02. The second-order valence-electron chi connectivity index (χ2n) is 7.56. The number of aliphatic imine (C=N–C) groups is 1. The SMILES string of the molecule is CCNC(=NCC(C)CN1CCN(C)CC1)NCCc1ccc(OC)cc1Cl.I. The molecular formula is C21H37ClIN5O. The predicted molar refractivity (Wildman–Crippen MR) is 134 cm³/mol. The summed E-state index contributed by atoms with van der Waals surface area (Å²) in [7, 11) is 3.84. The lowest BCUT2D eigenvalue weighted by molar-refractivity contribution is 0.140. The van der Waals surface area contributed by atoms with Crippen molar-refractivity contribution < 1.29 is 4.74 Å². The molecule has 1 heterocycles. The molecule has 1 atom stereocenters. The zero-order valence-electron chi connectivity index (χ0n) is 18.2. The second kappa shape index (κ2) is 14.3. The minimum Gasteiger partial charge on any atom is -0.497 e. The highest BCUT2D eigenvalue weighted by Crippen LogP contribution is 2.22. The van der Waals surface area contributed by atoms with Crippen molar-refractivity contribution >= 4 is 41.5 Å². The van der Waals surface area contributed by atoms with Gasteiger partial charge in [0.25, 0.3) is 0 Å². The molecule has 1 aromatic rings. The molecule has 0 saturated carbocycles. The van der Waals surface area contributed by atoms with Crippen molar-refractivity contribution in [3.8, 4) is 5.75 Å². The van der Waals surface area contributed by atoms with Gasteiger partial charge >= 0.3 is 0 Å². The van der Waals surface area contributed by atoms with Crippen LogP contribution in [0, 0.1) is 5.92 Å². The zero-order valence-corrected chi connectivity index (χ0v) is 21.3. The van der Waals surface area contributed by atoms with Gasteiger partial charge in [-0.15, -0.1) is 24.0 Å². The van der Waals surface area contributed by atoms with Crippen LogP contribution in [-0.4, -0.2) is 82.3 Å². The maximum atomic E-state index is 6.33. The third-order valence-corrected chi connectivity index (χ3v) is 5.37. The molecular weight excluding hydrogens is 501 g/mol. The van der Waals surface area contributed by atoms with E-state index in [1.807, 2.05) is 18.2 Å². The topological polar surface area (TPSA) is 52.1 Å². The van der Waals surface area contributed by atoms with E-state index in [1.165, 1.54) is 0 Å². The Morgan fingerprint density at radius 2 is 1.97 bits per heavy atom. The van der Waals surface area contributed by atoms with Crippen LogP contribution in [0.5, 0.6) is 5.75 Å². The first kappa shape index (κ1) is 26.3. The van der Waals surface area contributed by atoms with Crippen molar-refractivity contribution in [3.05, 3.63) is 28.8 Å². The highest BCUT2D eigenvalue weighted by Gasteiger charge is 2.16. The number of ether oxygens (including phenoxy) is 1. The fourth-order valence-corrected chi connectivity index (χ4v) is 3.56. The summed E-state index contributed by atoms with van der Waals surface area (Å²) >= 11 is 6.33. The van der Waals surface area contributed by atoms with Gasteiger partial charge in [-0.05, 0) is 44.0 Å². The Balaban J connectivity index is 0.00000420. The minimum absolute atomic E-state index is 0. The predicted octanol–water partition coefficient (Wildman–Crippen LogP) is 2.95. The van der Waals surface area contributed by atoms with Crippen molar-refractivity contribution in [2.75, 3.05) is 66.5 Å². The molecule has 1 aliphatic rings. The third kappa shape index (κ3) is 9.72. The Hall–Kier alpha value is -0.770. The number of benzene rings is 1. The molecule has 29 heavy (non-hydrogen) atoms. The molecule has 166 valence electrons. The number of likely N-dealkylation sites (N-methyl/N-ethyl adjacent to an activating group) is 1. The summed E-state index contributed by atoms with van der Waals surface area (Å²) in [4.78, 5) is 9.72. The normalized spacial score (nSPS) is 16.8. The standard InChI is InChI=1S/C21H36ClN5O.HI/c1-5-23-21(24-9-8-18-6-7-19(28-4)14-20(18)22)25-15-17(2)16-27-12-10-26(3)11-13-27;/h6-7,14,17H,5,8-13,15-16H2,1-4H3,(H2,23,24,25);1H. The number of nitrogens with zero attached hydrogens (tertiary/aromatic N) is 3. The van der Waals surface area contributed by atoms with E-state index in [0.717, 1.165) is 81.1 Å². The van der Waals surface area contributed by atoms with E-state index in [1.54, 1.807) is 7.11 Å². The van der Waals surface area contributed by atoms with Crippen LogP contribution >= 0.6 is 35.6 Å². The zero-order chi connectivity index (χ0) is 20.4. The van der Waals surface area contributed by atoms with E-state index in [0.29, 0.717) is 5.92 Å². The van der Waals surface area contributed by atoms with Gasteiger partial charge in [0.05, 0.1) is 7.11 Å². The average molecular weight is 538 g/mol. The summed E-state index contributed by atoms with van der Waals surface area (Å²) in [5, 5.41) is 7.49. The van der Waals surface area contributed by atoms with Gasteiger partial charge in [0.15, 0.2) is 5.96 Å². The lowest BCUT2D eigenvalue weighted by Crippen LogP contribution is -2.46. The Kier molecular flexibility index (Phi) is 12.9. The summed E-state index contributed by atoms with van der Waals surface area (Å²) in [6.45, 7) is 12.6. The van der Waals surface area contributed by atoms with E-state index in [4.69, 9.17) is 21.3 Å². The highest BCUT2D eigenvalue weighted by molar-refractivity contribution is 14.0. The summed E-state index contributed by atoms with van der Waals surface area (Å²) in [5.41, 5.74) is 1.11. The van der Waals surface area contributed by atoms with E-state index < -0.39 is 0 Å². The van der Waals surface area contributed by atoms with Crippen LogP contribution in [0.1, 0.15) is 19.4 Å². The number of nitrogens with one attached hydrogen (secondary N) is 2. The van der Waals surface area contributed by atoms with E-state index in [9.17, 15) is 0 Å². The van der Waals surface area contributed by atoms with E-state index in [2.05, 4.69) is 41.3 Å². The number of hydrogen-bond acceptors (Lipinski definition) is 4. The van der Waals surface area contributed by atoms with Crippen molar-refractivity contribution in [2.45, 2.75) is 20.3 Å². The van der Waals surface area contributed by atoms with Gasteiger partial charge < -0.3 is 25.2 Å². The molecule has 0 radical (unpaired) electrons. The average Bonchev–Trinajstić information content (AvgIpc) is 2.69. The van der Waals surface area contributed by atoms with E-state index in [-0.39, 0.29) is 24.0 Å². The lowest BCUT2D eigenvalue weighted by Gasteiger charge is -2.33. The molecule has 1 unspecified atom stereocenters. The molecule has 0 amide bonds. The highest BCUT2D eigenvalue weighted by atomic mass is 127. The van der Waals surface area contributed by atoms with E-state index >= 15 is 0 Å². The molecule has 1 aromatic carbocycles. The molecule has 0 bridgehead atoms. The number of halogens is 2. The fourth-order valence-electron chi connectivity index (χ4n) is 3.29. The molecule has 0 aliphatic carbocycles. The van der Waals surface area contributed by atoms with Crippen LogP contribution in [0.3, 0.4) is 0 Å². The number of guanidine groups is 1. The fraction of sp³-hybridized carbons (Fsp3) is 0.667. The maximum Gasteiger partial charge on any atom is 0.191 e. The molecule has 1 fully saturated rings. The van der Waals surface area contributed by atoms with Crippen LogP contribution in [0.15, 0.2) is 23.2 Å². The number of rotatable bonds is 9. The van der Waals surface area contributed by atoms with Gasteiger partial charge in [-0.2, -0.15) is 0 Å². The van der Waals surface area contributed by atoms with Gasteiger partial charge in [0.1, 0.15) is 5.75 Å². The summed E-state index contributed by atoms with van der Waals surface area (Å²) in [6, 6.07) is 5.82.